The minimum Gasteiger partial charge on any atom is -0.486 e. The quantitative estimate of drug-likeness (QED) is 0.738. The third-order valence-corrected chi connectivity index (χ3v) is 3.92. The summed E-state index contributed by atoms with van der Waals surface area (Å²) in [5, 5.41) is 9.24. The Morgan fingerprint density at radius 1 is 1.00 bits per heavy atom. The topological polar surface area (TPSA) is 72.8 Å². The minimum atomic E-state index is -0.543. The number of ether oxygens (including phenoxy) is 2. The van der Waals surface area contributed by atoms with E-state index >= 15 is 0 Å². The van der Waals surface area contributed by atoms with Crippen molar-refractivity contribution < 1.29 is 24.2 Å². The smallest absolute Gasteiger partial charge is 0.198 e. The highest BCUT2D eigenvalue weighted by atomic mass is 16.6. The second-order valence-electron chi connectivity index (χ2n) is 5.25. The van der Waals surface area contributed by atoms with Crippen LogP contribution in [0.15, 0.2) is 36.4 Å². The lowest BCUT2D eigenvalue weighted by Crippen LogP contribution is -2.34. The van der Waals surface area contributed by atoms with Crippen LogP contribution in [-0.2, 0) is 0 Å². The van der Waals surface area contributed by atoms with E-state index in [1.54, 1.807) is 36.4 Å². The van der Waals surface area contributed by atoms with Gasteiger partial charge in [-0.05, 0) is 12.1 Å². The van der Waals surface area contributed by atoms with Crippen molar-refractivity contribution in [2.24, 2.45) is 0 Å². The summed E-state index contributed by atoms with van der Waals surface area (Å²) < 4.78 is 11.2. The maximum absolute atomic E-state index is 12.8. The summed E-state index contributed by atoms with van der Waals surface area (Å²) in [6, 6.07) is 9.94. The molecule has 1 heterocycles. The highest BCUT2D eigenvalue weighted by Gasteiger charge is 2.36. The molecule has 2 aliphatic rings. The number of hydrogen-bond donors (Lipinski definition) is 1. The molecule has 1 atom stereocenters. The number of rotatable bonds is 1. The molecule has 4 rings (SSSR count). The van der Waals surface area contributed by atoms with Crippen LogP contribution >= 0.6 is 0 Å². The molecule has 0 radical (unpaired) electrons. The maximum atomic E-state index is 12.8. The van der Waals surface area contributed by atoms with E-state index in [4.69, 9.17) is 9.47 Å². The molecule has 5 nitrogen and oxygen atoms in total. The van der Waals surface area contributed by atoms with Gasteiger partial charge in [0.25, 0.3) is 0 Å². The van der Waals surface area contributed by atoms with Crippen molar-refractivity contribution in [1.82, 2.24) is 0 Å². The summed E-state index contributed by atoms with van der Waals surface area (Å²) in [5.41, 5.74) is 1.29. The van der Waals surface area contributed by atoms with Crippen LogP contribution in [-0.4, -0.2) is 36.0 Å². The van der Waals surface area contributed by atoms with Gasteiger partial charge in [0.05, 0.1) is 12.2 Å². The fourth-order valence-electron chi connectivity index (χ4n) is 2.84. The number of aliphatic hydroxyl groups excluding tert-OH is 1. The molecule has 0 unspecified atom stereocenters. The Hall–Kier alpha value is -2.66. The lowest BCUT2D eigenvalue weighted by Gasteiger charge is -2.29. The number of hydrogen-bond acceptors (Lipinski definition) is 5. The maximum Gasteiger partial charge on any atom is 0.198 e. The van der Waals surface area contributed by atoms with Crippen molar-refractivity contribution in [2.75, 3.05) is 13.2 Å². The monoisotopic (exact) mass is 296 g/mol. The molecule has 1 aliphatic carbocycles. The molecule has 0 fully saturated rings. The van der Waals surface area contributed by atoms with Crippen LogP contribution in [0, 0.1) is 0 Å². The molecule has 5 heteroatoms. The summed E-state index contributed by atoms with van der Waals surface area (Å²) >= 11 is 0. The van der Waals surface area contributed by atoms with E-state index in [0.29, 0.717) is 22.4 Å². The molecular formula is C17H12O5. The fourth-order valence-corrected chi connectivity index (χ4v) is 2.84. The average Bonchev–Trinajstić information content (AvgIpc) is 2.58. The van der Waals surface area contributed by atoms with E-state index in [1.807, 2.05) is 0 Å². The molecule has 22 heavy (non-hydrogen) atoms. The van der Waals surface area contributed by atoms with Gasteiger partial charge in [0.1, 0.15) is 6.61 Å². The van der Waals surface area contributed by atoms with Crippen molar-refractivity contribution in [3.8, 4) is 11.5 Å². The van der Waals surface area contributed by atoms with Gasteiger partial charge in [0, 0.05) is 16.7 Å². The van der Waals surface area contributed by atoms with Crippen molar-refractivity contribution >= 4 is 11.6 Å². The first-order chi connectivity index (χ1) is 10.7. The molecule has 0 spiro atoms. The molecule has 2 aromatic carbocycles. The van der Waals surface area contributed by atoms with Crippen LogP contribution in [0.2, 0.25) is 0 Å². The normalized spacial score (nSPS) is 18.7. The zero-order valence-corrected chi connectivity index (χ0v) is 11.5. The Morgan fingerprint density at radius 2 is 1.73 bits per heavy atom. The van der Waals surface area contributed by atoms with Crippen LogP contribution in [0.3, 0.4) is 0 Å². The van der Waals surface area contributed by atoms with Gasteiger partial charge in [-0.2, -0.15) is 0 Å². The molecular weight excluding hydrogens is 284 g/mol. The number of fused-ring (bicyclic) bond motifs is 4. The minimum absolute atomic E-state index is 0.206. The zero-order chi connectivity index (χ0) is 15.3. The largest absolute Gasteiger partial charge is 0.486 e. The lowest BCUT2D eigenvalue weighted by molar-refractivity contribution is 0.0443. The third-order valence-electron chi connectivity index (χ3n) is 3.92. The van der Waals surface area contributed by atoms with E-state index in [2.05, 4.69) is 0 Å². The summed E-state index contributed by atoms with van der Waals surface area (Å²) in [4.78, 5) is 25.4. The van der Waals surface area contributed by atoms with E-state index in [0.717, 1.165) is 0 Å². The Kier molecular flexibility index (Phi) is 2.77. The van der Waals surface area contributed by atoms with Crippen LogP contribution in [0.1, 0.15) is 31.8 Å². The average molecular weight is 296 g/mol. The molecule has 110 valence electrons. The second-order valence-corrected chi connectivity index (χ2v) is 5.25. The van der Waals surface area contributed by atoms with Gasteiger partial charge < -0.3 is 14.6 Å². The van der Waals surface area contributed by atoms with Gasteiger partial charge in [-0.1, -0.05) is 24.3 Å². The van der Waals surface area contributed by atoms with E-state index < -0.39 is 6.10 Å². The fraction of sp³-hybridized carbons (Fsp3) is 0.176. The van der Waals surface area contributed by atoms with Crippen LogP contribution < -0.4 is 9.47 Å². The Labute approximate surface area is 126 Å². The van der Waals surface area contributed by atoms with Crippen LogP contribution in [0.4, 0.5) is 0 Å². The summed E-state index contributed by atoms with van der Waals surface area (Å²) in [6.45, 7) is -0.0111. The number of benzene rings is 2. The predicted molar refractivity (Wildman–Crippen MR) is 76.7 cm³/mol. The highest BCUT2D eigenvalue weighted by molar-refractivity contribution is 6.29. The van der Waals surface area contributed by atoms with Crippen molar-refractivity contribution in [3.63, 3.8) is 0 Å². The van der Waals surface area contributed by atoms with Gasteiger partial charge in [-0.25, -0.2) is 0 Å². The first-order valence-corrected chi connectivity index (χ1v) is 6.96. The molecule has 1 aliphatic heterocycles. The zero-order valence-electron chi connectivity index (χ0n) is 11.5. The molecule has 1 N–H and O–H groups in total. The summed E-state index contributed by atoms with van der Waals surface area (Å²) in [6.07, 6.45) is -0.543. The number of ketones is 2. The second kappa shape index (κ2) is 4.68. The van der Waals surface area contributed by atoms with Gasteiger partial charge in [0.2, 0.25) is 0 Å². The first kappa shape index (κ1) is 13.0. The van der Waals surface area contributed by atoms with Gasteiger partial charge in [0.15, 0.2) is 29.2 Å². The molecule has 0 saturated carbocycles. The van der Waals surface area contributed by atoms with Crippen molar-refractivity contribution in [3.05, 3.63) is 58.7 Å². The van der Waals surface area contributed by atoms with E-state index in [-0.39, 0.29) is 36.1 Å². The third kappa shape index (κ3) is 1.69. The number of carbonyl (C=O) groups excluding carboxylic acids is 2. The molecule has 0 saturated heterocycles. The van der Waals surface area contributed by atoms with Crippen LogP contribution in [0.5, 0.6) is 11.5 Å². The van der Waals surface area contributed by atoms with Gasteiger partial charge in [-0.3, -0.25) is 9.59 Å². The Bertz CT molecular complexity index is 809. The van der Waals surface area contributed by atoms with Crippen molar-refractivity contribution in [2.45, 2.75) is 6.10 Å². The molecule has 2 aromatic rings. The lowest BCUT2D eigenvalue weighted by atomic mass is 9.83. The Morgan fingerprint density at radius 3 is 2.45 bits per heavy atom. The molecule has 0 amide bonds. The summed E-state index contributed by atoms with van der Waals surface area (Å²) in [5.74, 6) is 0.201. The number of aliphatic hydroxyl groups is 1. The van der Waals surface area contributed by atoms with E-state index in [9.17, 15) is 14.7 Å². The van der Waals surface area contributed by atoms with Gasteiger partial charge >= 0.3 is 0 Å². The van der Waals surface area contributed by atoms with E-state index in [1.165, 1.54) is 0 Å². The highest BCUT2D eigenvalue weighted by Crippen LogP contribution is 2.41. The van der Waals surface area contributed by atoms with Crippen molar-refractivity contribution in [1.29, 1.82) is 0 Å². The summed E-state index contributed by atoms with van der Waals surface area (Å²) in [7, 11) is 0. The molecule has 0 bridgehead atoms. The van der Waals surface area contributed by atoms with Crippen LogP contribution in [0.25, 0.3) is 0 Å². The standard InChI is InChI=1S/C17H12O5/c18-7-9-8-21-13-6-5-12-14(17(13)22-9)16(20)11-4-2-1-3-10(11)15(12)19/h1-6,9,18H,7-8H2/t9-/m1/s1. The predicted octanol–water partition coefficient (Wildman–Crippen LogP) is 1.59. The number of carbonyl (C=O) groups is 2. The SMILES string of the molecule is O=C1c2ccccc2C(=O)c2c1ccc1c2O[C@H](CO)CO1. The van der Waals surface area contributed by atoms with Gasteiger partial charge in [-0.15, -0.1) is 0 Å². The Balaban J connectivity index is 1.94. The first-order valence-electron chi connectivity index (χ1n) is 6.96. The molecule has 0 aromatic heterocycles.